The summed E-state index contributed by atoms with van der Waals surface area (Å²) in [5, 5.41) is 5.60. The number of nitrogens with zero attached hydrogens (tertiary/aromatic N) is 1. The topological polar surface area (TPSA) is 41.6 Å². The van der Waals surface area contributed by atoms with E-state index in [1.165, 1.54) is 4.88 Å². The van der Waals surface area contributed by atoms with Crippen LogP contribution in [0.2, 0.25) is 5.02 Å². The van der Waals surface area contributed by atoms with Crippen LogP contribution in [0.1, 0.15) is 21.6 Å². The SMILES string of the molecule is COc1ccccc1CN(CC(=O)Nc1c(C)cc(C)cc1Cl)Cc1cccs1. The molecule has 3 rings (SSSR count). The summed E-state index contributed by atoms with van der Waals surface area (Å²) in [4.78, 5) is 16.2. The third-order valence-corrected chi connectivity index (χ3v) is 5.77. The number of hydrogen-bond donors (Lipinski definition) is 1. The molecule has 0 aliphatic rings. The lowest BCUT2D eigenvalue weighted by molar-refractivity contribution is -0.117. The fourth-order valence-corrected chi connectivity index (χ4v) is 4.44. The molecule has 0 saturated heterocycles. The van der Waals surface area contributed by atoms with Crippen LogP contribution in [0, 0.1) is 13.8 Å². The first-order valence-corrected chi connectivity index (χ1v) is 10.6. The van der Waals surface area contributed by atoms with E-state index in [1.807, 2.05) is 61.7 Å². The van der Waals surface area contributed by atoms with Crippen LogP contribution < -0.4 is 10.1 Å². The Labute approximate surface area is 181 Å². The van der Waals surface area contributed by atoms with Crippen molar-refractivity contribution in [1.82, 2.24) is 4.90 Å². The van der Waals surface area contributed by atoms with Crippen LogP contribution in [0.3, 0.4) is 0 Å². The first kappa shape index (κ1) is 21.4. The Balaban J connectivity index is 1.76. The van der Waals surface area contributed by atoms with E-state index in [4.69, 9.17) is 16.3 Å². The smallest absolute Gasteiger partial charge is 0.238 e. The molecule has 0 aliphatic heterocycles. The molecular formula is C23H25ClN2O2S. The Bertz CT molecular complexity index is 950. The number of ether oxygens (including phenoxy) is 1. The summed E-state index contributed by atoms with van der Waals surface area (Å²) in [7, 11) is 1.66. The van der Waals surface area contributed by atoms with Gasteiger partial charge < -0.3 is 10.1 Å². The number of carbonyl (C=O) groups is 1. The molecule has 0 aliphatic carbocycles. The van der Waals surface area contributed by atoms with E-state index < -0.39 is 0 Å². The van der Waals surface area contributed by atoms with Crippen molar-refractivity contribution in [3.8, 4) is 5.75 Å². The standard InChI is InChI=1S/C23H25ClN2O2S/c1-16-11-17(2)23(20(24)12-16)25-22(27)15-26(14-19-8-6-10-29-19)13-18-7-4-5-9-21(18)28-3/h4-12H,13-15H2,1-3H3,(H,25,27). The molecule has 4 nitrogen and oxygen atoms in total. The second-order valence-electron chi connectivity index (χ2n) is 7.02. The maximum atomic E-state index is 12.8. The maximum Gasteiger partial charge on any atom is 0.238 e. The molecule has 2 aromatic carbocycles. The average molecular weight is 429 g/mol. The van der Waals surface area contributed by atoms with Gasteiger partial charge in [0, 0.05) is 23.5 Å². The summed E-state index contributed by atoms with van der Waals surface area (Å²) in [6.45, 7) is 5.48. The van der Waals surface area contributed by atoms with Gasteiger partial charge in [0.1, 0.15) is 5.75 Å². The largest absolute Gasteiger partial charge is 0.496 e. The second kappa shape index (κ2) is 9.92. The van der Waals surface area contributed by atoms with Crippen molar-refractivity contribution in [1.29, 1.82) is 0 Å². The van der Waals surface area contributed by atoms with E-state index in [2.05, 4.69) is 16.3 Å². The van der Waals surface area contributed by atoms with Crippen LogP contribution in [-0.2, 0) is 17.9 Å². The van der Waals surface area contributed by atoms with E-state index in [1.54, 1.807) is 18.4 Å². The number of methoxy groups -OCH3 is 1. The third-order valence-electron chi connectivity index (χ3n) is 4.61. The molecule has 6 heteroatoms. The number of benzene rings is 2. The van der Waals surface area contributed by atoms with Crippen molar-refractivity contribution >= 4 is 34.5 Å². The van der Waals surface area contributed by atoms with Gasteiger partial charge in [0.25, 0.3) is 0 Å². The van der Waals surface area contributed by atoms with Gasteiger partial charge in [0.05, 0.1) is 24.4 Å². The fraction of sp³-hybridized carbons (Fsp3) is 0.261. The lowest BCUT2D eigenvalue weighted by Crippen LogP contribution is -2.32. The Morgan fingerprint density at radius 3 is 2.62 bits per heavy atom. The van der Waals surface area contributed by atoms with Gasteiger partial charge in [-0.05, 0) is 48.6 Å². The summed E-state index contributed by atoms with van der Waals surface area (Å²) >= 11 is 8.04. The second-order valence-corrected chi connectivity index (χ2v) is 8.46. The van der Waals surface area contributed by atoms with Crippen LogP contribution in [-0.4, -0.2) is 24.5 Å². The van der Waals surface area contributed by atoms with Crippen LogP contribution in [0.5, 0.6) is 5.75 Å². The normalized spacial score (nSPS) is 10.9. The highest BCUT2D eigenvalue weighted by molar-refractivity contribution is 7.09. The lowest BCUT2D eigenvalue weighted by Gasteiger charge is -2.23. The quantitative estimate of drug-likeness (QED) is 0.502. The highest BCUT2D eigenvalue weighted by atomic mass is 35.5. The number of nitrogens with one attached hydrogen (secondary N) is 1. The molecule has 29 heavy (non-hydrogen) atoms. The number of para-hydroxylation sites is 1. The zero-order valence-electron chi connectivity index (χ0n) is 16.9. The van der Waals surface area contributed by atoms with Gasteiger partial charge in [-0.25, -0.2) is 0 Å². The van der Waals surface area contributed by atoms with Gasteiger partial charge >= 0.3 is 0 Å². The summed E-state index contributed by atoms with van der Waals surface area (Å²) in [6.07, 6.45) is 0. The molecule has 0 bridgehead atoms. The number of halogens is 1. The monoisotopic (exact) mass is 428 g/mol. The van der Waals surface area contributed by atoms with Gasteiger partial charge in [0.15, 0.2) is 0 Å². The molecule has 1 aromatic heterocycles. The minimum Gasteiger partial charge on any atom is -0.496 e. The third kappa shape index (κ3) is 5.82. The first-order valence-electron chi connectivity index (χ1n) is 9.39. The first-order chi connectivity index (χ1) is 14.0. The van der Waals surface area contributed by atoms with Crippen molar-refractivity contribution in [2.75, 3.05) is 19.0 Å². The van der Waals surface area contributed by atoms with E-state index in [0.29, 0.717) is 23.8 Å². The van der Waals surface area contributed by atoms with Crippen LogP contribution in [0.4, 0.5) is 5.69 Å². The molecule has 0 radical (unpaired) electrons. The predicted molar refractivity (Wildman–Crippen MR) is 121 cm³/mol. The number of rotatable bonds is 8. The maximum absolute atomic E-state index is 12.8. The Hall–Kier alpha value is -2.34. The van der Waals surface area contributed by atoms with Crippen molar-refractivity contribution in [3.63, 3.8) is 0 Å². The molecule has 0 spiro atoms. The van der Waals surface area contributed by atoms with Gasteiger partial charge in [-0.1, -0.05) is 41.9 Å². The van der Waals surface area contributed by atoms with E-state index in [0.717, 1.165) is 22.4 Å². The Morgan fingerprint density at radius 2 is 1.93 bits per heavy atom. The molecule has 1 N–H and O–H groups in total. The van der Waals surface area contributed by atoms with E-state index in [9.17, 15) is 4.79 Å². The van der Waals surface area contributed by atoms with Crippen molar-refractivity contribution in [2.45, 2.75) is 26.9 Å². The van der Waals surface area contributed by atoms with Gasteiger partial charge in [-0.2, -0.15) is 0 Å². The summed E-state index contributed by atoms with van der Waals surface area (Å²) < 4.78 is 5.48. The zero-order valence-corrected chi connectivity index (χ0v) is 18.4. The Morgan fingerprint density at radius 1 is 1.14 bits per heavy atom. The van der Waals surface area contributed by atoms with Crippen LogP contribution in [0.25, 0.3) is 0 Å². The van der Waals surface area contributed by atoms with E-state index >= 15 is 0 Å². The minimum atomic E-state index is -0.0923. The molecule has 152 valence electrons. The molecule has 0 unspecified atom stereocenters. The number of hydrogen-bond acceptors (Lipinski definition) is 4. The molecule has 3 aromatic rings. The summed E-state index contributed by atoms with van der Waals surface area (Å²) in [6, 6.07) is 15.9. The van der Waals surface area contributed by atoms with Gasteiger partial charge in [-0.3, -0.25) is 9.69 Å². The number of thiophene rings is 1. The number of anilines is 1. The Kier molecular flexibility index (Phi) is 7.31. The van der Waals surface area contributed by atoms with Crippen molar-refractivity contribution < 1.29 is 9.53 Å². The molecule has 1 amide bonds. The number of amides is 1. The fourth-order valence-electron chi connectivity index (χ4n) is 3.32. The summed E-state index contributed by atoms with van der Waals surface area (Å²) in [5.41, 5.74) is 3.75. The zero-order chi connectivity index (χ0) is 20.8. The summed E-state index contributed by atoms with van der Waals surface area (Å²) in [5.74, 6) is 0.729. The van der Waals surface area contributed by atoms with E-state index in [-0.39, 0.29) is 12.5 Å². The molecule has 0 atom stereocenters. The van der Waals surface area contributed by atoms with Crippen molar-refractivity contribution in [3.05, 3.63) is 80.5 Å². The van der Waals surface area contributed by atoms with Crippen LogP contribution in [0.15, 0.2) is 53.9 Å². The molecular weight excluding hydrogens is 404 g/mol. The van der Waals surface area contributed by atoms with Gasteiger partial charge in [-0.15, -0.1) is 11.3 Å². The highest BCUT2D eigenvalue weighted by Crippen LogP contribution is 2.27. The molecule has 0 saturated carbocycles. The van der Waals surface area contributed by atoms with Crippen molar-refractivity contribution in [2.24, 2.45) is 0 Å². The number of carbonyl (C=O) groups excluding carboxylic acids is 1. The lowest BCUT2D eigenvalue weighted by atomic mass is 10.1. The average Bonchev–Trinajstić information content (AvgIpc) is 3.18. The molecule has 0 fully saturated rings. The highest BCUT2D eigenvalue weighted by Gasteiger charge is 2.16. The predicted octanol–water partition coefficient (Wildman–Crippen LogP) is 5.67. The van der Waals surface area contributed by atoms with Gasteiger partial charge in [0.2, 0.25) is 5.91 Å². The molecule has 1 heterocycles. The van der Waals surface area contributed by atoms with Crippen LogP contribution >= 0.6 is 22.9 Å². The minimum absolute atomic E-state index is 0.0923. The number of aryl methyl sites for hydroxylation is 2.